The Labute approximate surface area is 107 Å². The number of para-hydroxylation sites is 1. The van der Waals surface area contributed by atoms with Crippen molar-refractivity contribution in [2.45, 2.75) is 20.2 Å². The Bertz CT molecular complexity index is 454. The summed E-state index contributed by atoms with van der Waals surface area (Å²) in [7, 11) is 0. The van der Waals surface area contributed by atoms with Gasteiger partial charge in [-0.3, -0.25) is 0 Å². The van der Waals surface area contributed by atoms with Gasteiger partial charge in [-0.1, -0.05) is 18.2 Å². The van der Waals surface area contributed by atoms with Crippen molar-refractivity contribution in [3.8, 4) is 5.75 Å². The number of imidazole rings is 1. The van der Waals surface area contributed by atoms with Crippen LogP contribution in [0.15, 0.2) is 49.1 Å². The number of hydrogen-bond donors (Lipinski definition) is 0. The molecule has 0 radical (unpaired) electrons. The van der Waals surface area contributed by atoms with Gasteiger partial charge in [0, 0.05) is 6.61 Å². The Morgan fingerprint density at radius 2 is 2.06 bits per heavy atom. The predicted molar refractivity (Wildman–Crippen MR) is 68.2 cm³/mol. The summed E-state index contributed by atoms with van der Waals surface area (Å²) in [4.78, 5) is 0. The molecule has 1 aromatic heterocycles. The van der Waals surface area contributed by atoms with E-state index >= 15 is 0 Å². The second-order valence-electron chi connectivity index (χ2n) is 3.95. The van der Waals surface area contributed by atoms with Crippen LogP contribution in [-0.2, 0) is 18.0 Å². The van der Waals surface area contributed by atoms with E-state index in [4.69, 9.17) is 9.47 Å². The van der Waals surface area contributed by atoms with Gasteiger partial charge in [-0.05, 0) is 19.1 Å². The number of rotatable bonds is 7. The molecule has 0 bridgehead atoms. The van der Waals surface area contributed by atoms with Crippen LogP contribution in [0.3, 0.4) is 0 Å². The number of benzene rings is 1. The summed E-state index contributed by atoms with van der Waals surface area (Å²) in [6, 6.07) is 9.85. The molecule has 1 aromatic carbocycles. The lowest BCUT2D eigenvalue weighted by Crippen LogP contribution is -2.32. The summed E-state index contributed by atoms with van der Waals surface area (Å²) < 4.78 is 15.1. The highest BCUT2D eigenvalue weighted by Crippen LogP contribution is 2.07. The summed E-state index contributed by atoms with van der Waals surface area (Å²) in [5, 5.41) is 0. The molecule has 0 amide bonds. The maximum absolute atomic E-state index is 5.64. The van der Waals surface area contributed by atoms with Gasteiger partial charge >= 0.3 is 0 Å². The summed E-state index contributed by atoms with van der Waals surface area (Å²) in [6.07, 6.45) is 6.04. The lowest BCUT2D eigenvalue weighted by atomic mass is 10.3. The van der Waals surface area contributed by atoms with Crippen LogP contribution in [0.25, 0.3) is 0 Å². The molecule has 4 nitrogen and oxygen atoms in total. The van der Waals surface area contributed by atoms with E-state index in [-0.39, 0.29) is 0 Å². The molecule has 0 fully saturated rings. The number of ether oxygens (including phenoxy) is 2. The molecular weight excluding hydrogens is 228 g/mol. The fourth-order valence-electron chi connectivity index (χ4n) is 1.63. The number of aromatic nitrogens is 2. The molecular formula is C14H19N2O2+. The Kier molecular flexibility index (Phi) is 4.78. The highest BCUT2D eigenvalue weighted by Gasteiger charge is 2.03. The first kappa shape index (κ1) is 12.6. The van der Waals surface area contributed by atoms with E-state index in [1.54, 1.807) is 0 Å². The summed E-state index contributed by atoms with van der Waals surface area (Å²) in [5.74, 6) is 0.909. The lowest BCUT2D eigenvalue weighted by molar-refractivity contribution is -0.732. The molecule has 1 heterocycles. The Hall–Kier alpha value is -1.81. The molecule has 4 heteroatoms. The van der Waals surface area contributed by atoms with Gasteiger partial charge in [-0.15, -0.1) is 0 Å². The van der Waals surface area contributed by atoms with Crippen molar-refractivity contribution in [1.29, 1.82) is 0 Å². The zero-order valence-electron chi connectivity index (χ0n) is 10.7. The smallest absolute Gasteiger partial charge is 0.245 e. The van der Waals surface area contributed by atoms with Crippen LogP contribution in [0, 0.1) is 0 Å². The second-order valence-corrected chi connectivity index (χ2v) is 3.95. The maximum Gasteiger partial charge on any atom is 0.245 e. The van der Waals surface area contributed by atoms with Crippen molar-refractivity contribution in [1.82, 2.24) is 4.57 Å². The predicted octanol–water partition coefficient (Wildman–Crippen LogP) is 1.85. The maximum atomic E-state index is 5.64. The molecule has 0 unspecified atom stereocenters. The average molecular weight is 247 g/mol. The molecule has 0 aliphatic heterocycles. The van der Waals surface area contributed by atoms with Crippen LogP contribution in [0.5, 0.6) is 5.75 Å². The molecule has 0 saturated carbocycles. The van der Waals surface area contributed by atoms with E-state index < -0.39 is 0 Å². The summed E-state index contributed by atoms with van der Waals surface area (Å²) >= 11 is 0. The van der Waals surface area contributed by atoms with E-state index in [0.29, 0.717) is 13.3 Å². The Morgan fingerprint density at radius 1 is 1.22 bits per heavy atom. The van der Waals surface area contributed by atoms with Gasteiger partial charge in [-0.2, -0.15) is 0 Å². The topological polar surface area (TPSA) is 27.3 Å². The molecule has 0 aliphatic rings. The fourth-order valence-corrected chi connectivity index (χ4v) is 1.63. The molecule has 0 N–H and O–H groups in total. The van der Waals surface area contributed by atoms with Crippen molar-refractivity contribution in [3.05, 3.63) is 49.1 Å². The third-order valence-electron chi connectivity index (χ3n) is 2.55. The summed E-state index contributed by atoms with van der Waals surface area (Å²) in [5.41, 5.74) is 0. The van der Waals surface area contributed by atoms with E-state index in [1.807, 2.05) is 60.5 Å². The van der Waals surface area contributed by atoms with Crippen LogP contribution in [-0.4, -0.2) is 17.8 Å². The first-order chi connectivity index (χ1) is 8.88. The molecule has 18 heavy (non-hydrogen) atoms. The highest BCUT2D eigenvalue weighted by atomic mass is 16.5. The SMILES string of the molecule is CCOC[n+]1ccn(CCOc2ccccc2)c1. The van der Waals surface area contributed by atoms with Gasteiger partial charge in [0.15, 0.2) is 6.73 Å². The van der Waals surface area contributed by atoms with Crippen LogP contribution in [0.4, 0.5) is 0 Å². The van der Waals surface area contributed by atoms with E-state index in [9.17, 15) is 0 Å². The van der Waals surface area contributed by atoms with Gasteiger partial charge in [0.25, 0.3) is 0 Å². The van der Waals surface area contributed by atoms with Gasteiger partial charge < -0.3 is 9.47 Å². The van der Waals surface area contributed by atoms with E-state index in [0.717, 1.165) is 18.9 Å². The lowest BCUT2D eigenvalue weighted by Gasteiger charge is -2.03. The van der Waals surface area contributed by atoms with Crippen molar-refractivity contribution in [2.24, 2.45) is 0 Å². The van der Waals surface area contributed by atoms with Crippen LogP contribution < -0.4 is 9.30 Å². The Morgan fingerprint density at radius 3 is 2.83 bits per heavy atom. The van der Waals surface area contributed by atoms with Crippen molar-refractivity contribution in [2.75, 3.05) is 13.2 Å². The van der Waals surface area contributed by atoms with Crippen molar-refractivity contribution >= 4 is 0 Å². The van der Waals surface area contributed by atoms with Crippen molar-refractivity contribution < 1.29 is 14.0 Å². The average Bonchev–Trinajstić information content (AvgIpc) is 2.85. The molecule has 0 saturated heterocycles. The minimum absolute atomic E-state index is 0.600. The Balaban J connectivity index is 1.75. The highest BCUT2D eigenvalue weighted by molar-refractivity contribution is 5.20. The minimum Gasteiger partial charge on any atom is -0.489 e. The molecule has 96 valence electrons. The number of nitrogens with zero attached hydrogens (tertiary/aromatic N) is 2. The zero-order chi connectivity index (χ0) is 12.6. The quantitative estimate of drug-likeness (QED) is 0.698. The number of hydrogen-bond acceptors (Lipinski definition) is 2. The monoisotopic (exact) mass is 247 g/mol. The minimum atomic E-state index is 0.600. The molecule has 0 spiro atoms. The van der Waals surface area contributed by atoms with Gasteiger partial charge in [0.1, 0.15) is 31.3 Å². The molecule has 0 atom stereocenters. The van der Waals surface area contributed by atoms with Crippen LogP contribution in [0.1, 0.15) is 6.92 Å². The molecule has 2 rings (SSSR count). The zero-order valence-corrected chi connectivity index (χ0v) is 10.7. The van der Waals surface area contributed by atoms with Gasteiger partial charge in [0.05, 0.1) is 0 Å². The third-order valence-corrected chi connectivity index (χ3v) is 2.55. The van der Waals surface area contributed by atoms with Gasteiger partial charge in [0.2, 0.25) is 6.33 Å². The van der Waals surface area contributed by atoms with E-state index in [1.165, 1.54) is 0 Å². The normalized spacial score (nSPS) is 10.5. The van der Waals surface area contributed by atoms with Gasteiger partial charge in [-0.25, -0.2) is 9.13 Å². The summed E-state index contributed by atoms with van der Waals surface area (Å²) in [6.45, 7) is 4.81. The van der Waals surface area contributed by atoms with Crippen LogP contribution >= 0.6 is 0 Å². The van der Waals surface area contributed by atoms with E-state index in [2.05, 4.69) is 4.57 Å². The standard InChI is InChI=1S/C14H19N2O2/c1-2-17-13-16-9-8-15(12-16)10-11-18-14-6-4-3-5-7-14/h3-9,12H,2,10-11,13H2,1H3/q+1. The first-order valence-electron chi connectivity index (χ1n) is 6.19. The third kappa shape index (κ3) is 3.89. The fraction of sp³-hybridized carbons (Fsp3) is 0.357. The largest absolute Gasteiger partial charge is 0.489 e. The van der Waals surface area contributed by atoms with Crippen molar-refractivity contribution in [3.63, 3.8) is 0 Å². The molecule has 0 aliphatic carbocycles. The molecule has 2 aromatic rings. The van der Waals surface area contributed by atoms with Crippen LogP contribution in [0.2, 0.25) is 0 Å². The first-order valence-corrected chi connectivity index (χ1v) is 6.19. The second kappa shape index (κ2) is 6.81.